The second kappa shape index (κ2) is 7.42. The van der Waals surface area contributed by atoms with Crippen molar-refractivity contribution >= 4 is 27.3 Å². The van der Waals surface area contributed by atoms with Gasteiger partial charge in [0.2, 0.25) is 10.0 Å². The van der Waals surface area contributed by atoms with Gasteiger partial charge in [-0.1, -0.05) is 18.2 Å². The number of benzene rings is 1. The fourth-order valence-corrected chi connectivity index (χ4v) is 4.21. The van der Waals surface area contributed by atoms with Crippen LogP contribution in [-0.2, 0) is 21.3 Å². The lowest BCUT2D eigenvalue weighted by atomic mass is 10.2. The predicted molar refractivity (Wildman–Crippen MR) is 82.8 cm³/mol. The van der Waals surface area contributed by atoms with Crippen LogP contribution >= 0.6 is 11.3 Å². The third-order valence-electron chi connectivity index (χ3n) is 2.94. The molecular weight excluding hydrogens is 383 g/mol. The number of carbonyl (C=O) groups excluding carboxylic acids is 1. The van der Waals surface area contributed by atoms with Gasteiger partial charge in [0.05, 0.1) is 7.11 Å². The van der Waals surface area contributed by atoms with E-state index in [0.29, 0.717) is 0 Å². The van der Waals surface area contributed by atoms with Crippen molar-refractivity contribution in [2.45, 2.75) is 17.8 Å². The van der Waals surface area contributed by atoms with E-state index in [1.165, 1.54) is 29.6 Å². The van der Waals surface area contributed by atoms with Crippen LogP contribution < -0.4 is 9.46 Å². The number of hydrogen-bond acceptors (Lipinski definition) is 6. The molecule has 0 bridgehead atoms. The maximum atomic E-state index is 12.4. The van der Waals surface area contributed by atoms with Crippen LogP contribution in [0.2, 0.25) is 0 Å². The van der Waals surface area contributed by atoms with E-state index in [9.17, 15) is 26.4 Å². The zero-order valence-electron chi connectivity index (χ0n) is 12.7. The molecule has 136 valence electrons. The summed E-state index contributed by atoms with van der Waals surface area (Å²) in [6.45, 7) is -0.453. The largest absolute Gasteiger partial charge is 0.573 e. The highest BCUT2D eigenvalue weighted by Crippen LogP contribution is 2.27. The minimum absolute atomic E-state index is 0.0155. The topological polar surface area (TPSA) is 81.7 Å². The molecule has 1 N–H and O–H groups in total. The third-order valence-corrected chi connectivity index (χ3v) is 5.41. The molecule has 0 aliphatic heterocycles. The van der Waals surface area contributed by atoms with Crippen molar-refractivity contribution in [2.24, 2.45) is 0 Å². The van der Waals surface area contributed by atoms with E-state index in [2.05, 4.69) is 14.2 Å². The monoisotopic (exact) mass is 395 g/mol. The first-order chi connectivity index (χ1) is 11.6. The minimum atomic E-state index is -4.90. The first-order valence-corrected chi connectivity index (χ1v) is 8.99. The predicted octanol–water partition coefficient (Wildman–Crippen LogP) is 2.91. The molecule has 0 amide bonds. The van der Waals surface area contributed by atoms with E-state index >= 15 is 0 Å². The van der Waals surface area contributed by atoms with Crippen LogP contribution in [0, 0.1) is 0 Å². The number of sulfonamides is 1. The van der Waals surface area contributed by atoms with Crippen LogP contribution in [0.5, 0.6) is 5.75 Å². The van der Waals surface area contributed by atoms with Gasteiger partial charge >= 0.3 is 12.3 Å². The summed E-state index contributed by atoms with van der Waals surface area (Å²) in [5.41, 5.74) is -0.0155. The Morgan fingerprint density at radius 2 is 1.92 bits per heavy atom. The number of alkyl halides is 3. The number of para-hydroxylation sites is 1. The number of rotatable bonds is 6. The number of carbonyl (C=O) groups is 1. The number of nitrogens with one attached hydrogen (secondary N) is 1. The first-order valence-electron chi connectivity index (χ1n) is 6.63. The van der Waals surface area contributed by atoms with Crippen LogP contribution in [0.25, 0.3) is 0 Å². The van der Waals surface area contributed by atoms with Gasteiger partial charge in [0, 0.05) is 12.1 Å². The molecule has 0 aliphatic carbocycles. The molecule has 0 saturated heterocycles. The Morgan fingerprint density at radius 3 is 2.56 bits per heavy atom. The fraction of sp³-hybridized carbons (Fsp3) is 0.214. The summed E-state index contributed by atoms with van der Waals surface area (Å²) < 4.78 is 72.3. The van der Waals surface area contributed by atoms with Crippen LogP contribution in [0.1, 0.15) is 15.2 Å². The lowest BCUT2D eigenvalue weighted by molar-refractivity contribution is -0.274. The molecule has 0 unspecified atom stereocenters. The van der Waals surface area contributed by atoms with Crippen molar-refractivity contribution in [1.82, 2.24) is 4.72 Å². The normalized spacial score (nSPS) is 12.0. The number of halogens is 3. The molecule has 25 heavy (non-hydrogen) atoms. The number of esters is 1. The molecular formula is C14H12F3NO5S2. The second-order valence-corrected chi connectivity index (χ2v) is 7.24. The Hall–Kier alpha value is -2.11. The van der Waals surface area contributed by atoms with Gasteiger partial charge in [0.15, 0.2) is 0 Å². The van der Waals surface area contributed by atoms with Gasteiger partial charge in [-0.2, -0.15) is 0 Å². The average molecular weight is 395 g/mol. The second-order valence-electron chi connectivity index (χ2n) is 4.59. The van der Waals surface area contributed by atoms with Crippen molar-refractivity contribution in [1.29, 1.82) is 0 Å². The smallest absolute Gasteiger partial charge is 0.465 e. The molecule has 2 rings (SSSR count). The van der Waals surface area contributed by atoms with Crippen molar-refractivity contribution in [3.05, 3.63) is 46.2 Å². The maximum absolute atomic E-state index is 12.4. The Morgan fingerprint density at radius 1 is 1.24 bits per heavy atom. The summed E-state index contributed by atoms with van der Waals surface area (Å²) >= 11 is 0.875. The quantitative estimate of drug-likeness (QED) is 0.761. The van der Waals surface area contributed by atoms with Gasteiger partial charge in [-0.25, -0.2) is 17.9 Å². The lowest BCUT2D eigenvalue weighted by Gasteiger charge is -2.13. The Bertz CT molecular complexity index is 861. The molecule has 0 aliphatic rings. The molecule has 1 aromatic heterocycles. The highest BCUT2D eigenvalue weighted by Gasteiger charge is 2.32. The average Bonchev–Trinajstić information content (AvgIpc) is 3.02. The van der Waals surface area contributed by atoms with Crippen molar-refractivity contribution < 1.29 is 35.9 Å². The maximum Gasteiger partial charge on any atom is 0.573 e. The Labute approximate surface area is 145 Å². The summed E-state index contributed by atoms with van der Waals surface area (Å²) in [7, 11) is -3.03. The zero-order valence-corrected chi connectivity index (χ0v) is 14.3. The Kier molecular flexibility index (Phi) is 5.70. The first kappa shape index (κ1) is 19.2. The highest BCUT2D eigenvalue weighted by atomic mass is 32.2. The molecule has 0 spiro atoms. The molecule has 2 aromatic rings. The summed E-state index contributed by atoms with van der Waals surface area (Å²) in [5, 5.41) is 1.39. The molecule has 1 heterocycles. The van der Waals surface area contributed by atoms with Crippen LogP contribution in [0.3, 0.4) is 0 Å². The van der Waals surface area contributed by atoms with E-state index in [-0.39, 0.29) is 15.3 Å². The van der Waals surface area contributed by atoms with E-state index in [1.807, 2.05) is 0 Å². The summed E-state index contributed by atoms with van der Waals surface area (Å²) in [5.74, 6) is -1.34. The van der Waals surface area contributed by atoms with Gasteiger partial charge in [0.1, 0.15) is 15.5 Å². The molecule has 0 radical (unpaired) electrons. The molecule has 0 atom stereocenters. The van der Waals surface area contributed by atoms with Crippen molar-refractivity contribution in [3.63, 3.8) is 0 Å². The molecule has 6 nitrogen and oxygen atoms in total. The van der Waals surface area contributed by atoms with Crippen LogP contribution in [0.4, 0.5) is 13.2 Å². The van der Waals surface area contributed by atoms with Gasteiger partial charge in [-0.05, 0) is 17.5 Å². The van der Waals surface area contributed by atoms with Gasteiger partial charge in [-0.3, -0.25) is 0 Å². The van der Waals surface area contributed by atoms with Gasteiger partial charge < -0.3 is 9.47 Å². The summed E-state index contributed by atoms with van der Waals surface area (Å²) in [6.07, 6.45) is -4.90. The van der Waals surface area contributed by atoms with Crippen LogP contribution in [0.15, 0.2) is 40.6 Å². The zero-order chi connectivity index (χ0) is 18.7. The van der Waals surface area contributed by atoms with E-state index in [4.69, 9.17) is 0 Å². The molecule has 11 heteroatoms. The number of thiophene rings is 1. The number of hydrogen-bond donors (Lipinski definition) is 1. The van der Waals surface area contributed by atoms with E-state index in [0.717, 1.165) is 24.5 Å². The molecule has 0 saturated carbocycles. The minimum Gasteiger partial charge on any atom is -0.465 e. The highest BCUT2D eigenvalue weighted by molar-refractivity contribution is 7.89. The number of methoxy groups -OCH3 is 1. The van der Waals surface area contributed by atoms with Crippen LogP contribution in [-0.4, -0.2) is 27.9 Å². The summed E-state index contributed by atoms with van der Waals surface area (Å²) in [4.78, 5) is 11.1. The number of ether oxygens (including phenoxy) is 2. The van der Waals surface area contributed by atoms with Crippen molar-refractivity contribution in [3.8, 4) is 5.75 Å². The Balaban J connectivity index is 2.22. The standard InChI is InChI=1S/C14H12F3NO5S2/c1-22-13(19)12-11(6-7-24-12)25(20,21)18-8-9-4-2-3-5-10(9)23-14(15,16)17/h2-7,18H,8H2,1H3. The molecule has 0 fully saturated rings. The van der Waals surface area contributed by atoms with Gasteiger partial charge in [0.25, 0.3) is 0 Å². The fourth-order valence-electron chi connectivity index (χ4n) is 1.88. The lowest BCUT2D eigenvalue weighted by Crippen LogP contribution is -2.25. The van der Waals surface area contributed by atoms with Gasteiger partial charge in [-0.15, -0.1) is 24.5 Å². The SMILES string of the molecule is COC(=O)c1sccc1S(=O)(=O)NCc1ccccc1OC(F)(F)F. The van der Waals surface area contributed by atoms with E-state index < -0.39 is 34.6 Å². The summed E-state index contributed by atoms with van der Waals surface area (Å²) in [6, 6.07) is 6.34. The third kappa shape index (κ3) is 4.94. The van der Waals surface area contributed by atoms with Crippen molar-refractivity contribution in [2.75, 3.05) is 7.11 Å². The molecule has 1 aromatic carbocycles. The van der Waals surface area contributed by atoms with E-state index in [1.54, 1.807) is 0 Å².